The first-order valence-corrected chi connectivity index (χ1v) is 5.49. The van der Waals surface area contributed by atoms with Gasteiger partial charge in [-0.05, 0) is 25.6 Å². The second-order valence-electron chi connectivity index (χ2n) is 3.85. The van der Waals surface area contributed by atoms with Gasteiger partial charge in [0.15, 0.2) is 0 Å². The van der Waals surface area contributed by atoms with Crippen molar-refractivity contribution in [1.82, 2.24) is 15.1 Å². The molecule has 2 aromatic heterocycles. The monoisotopic (exact) mass is 219 g/mol. The van der Waals surface area contributed by atoms with Gasteiger partial charge in [0.1, 0.15) is 5.76 Å². The largest absolute Gasteiger partial charge is 0.467 e. The topological polar surface area (TPSA) is 43.0 Å². The summed E-state index contributed by atoms with van der Waals surface area (Å²) in [5, 5.41) is 7.77. The lowest BCUT2D eigenvalue weighted by atomic mass is 10.1. The third-order valence-electron chi connectivity index (χ3n) is 2.60. The number of rotatable bonds is 4. The molecular formula is C12H17N3O. The fraction of sp³-hybridized carbons (Fsp3) is 0.417. The van der Waals surface area contributed by atoms with E-state index >= 15 is 0 Å². The van der Waals surface area contributed by atoms with Crippen LogP contribution in [0.25, 0.3) is 0 Å². The van der Waals surface area contributed by atoms with Gasteiger partial charge >= 0.3 is 0 Å². The maximum Gasteiger partial charge on any atom is 0.125 e. The van der Waals surface area contributed by atoms with Gasteiger partial charge in [-0.3, -0.25) is 4.68 Å². The summed E-state index contributed by atoms with van der Waals surface area (Å²) in [4.78, 5) is 0. The van der Waals surface area contributed by atoms with Crippen molar-refractivity contribution in [2.75, 3.05) is 6.54 Å². The summed E-state index contributed by atoms with van der Waals surface area (Å²) in [5.74, 6) is 0.929. The Kier molecular flexibility index (Phi) is 3.10. The smallest absolute Gasteiger partial charge is 0.125 e. The number of nitrogens with one attached hydrogen (secondary N) is 1. The van der Waals surface area contributed by atoms with Gasteiger partial charge in [-0.25, -0.2) is 0 Å². The zero-order chi connectivity index (χ0) is 11.5. The molecule has 86 valence electrons. The van der Waals surface area contributed by atoms with Crippen LogP contribution in [-0.2, 0) is 7.05 Å². The van der Waals surface area contributed by atoms with E-state index in [1.54, 1.807) is 6.26 Å². The Bertz CT molecular complexity index is 445. The first kappa shape index (κ1) is 11.0. The van der Waals surface area contributed by atoms with E-state index in [0.29, 0.717) is 0 Å². The molecule has 4 heteroatoms. The molecule has 2 aromatic rings. The van der Waals surface area contributed by atoms with Crippen molar-refractivity contribution in [3.63, 3.8) is 0 Å². The van der Waals surface area contributed by atoms with Crippen LogP contribution >= 0.6 is 0 Å². The molecule has 2 rings (SSSR count). The van der Waals surface area contributed by atoms with Crippen molar-refractivity contribution in [2.24, 2.45) is 7.05 Å². The molecule has 0 saturated carbocycles. The first-order valence-electron chi connectivity index (χ1n) is 5.49. The summed E-state index contributed by atoms with van der Waals surface area (Å²) in [7, 11) is 1.93. The minimum absolute atomic E-state index is 0.0914. The van der Waals surface area contributed by atoms with E-state index in [2.05, 4.69) is 17.3 Å². The van der Waals surface area contributed by atoms with Gasteiger partial charge in [-0.2, -0.15) is 5.10 Å². The predicted octanol–water partition coefficient (Wildman–Crippen LogP) is 2.02. The number of nitrogens with zero attached hydrogens (tertiary/aromatic N) is 2. The lowest BCUT2D eigenvalue weighted by Crippen LogP contribution is -2.21. The number of furan rings is 1. The summed E-state index contributed by atoms with van der Waals surface area (Å²) >= 11 is 0. The van der Waals surface area contributed by atoms with E-state index in [0.717, 1.165) is 18.0 Å². The molecule has 0 bridgehead atoms. The average molecular weight is 219 g/mol. The molecule has 0 aliphatic carbocycles. The Hall–Kier alpha value is -1.55. The molecule has 0 aliphatic rings. The van der Waals surface area contributed by atoms with Gasteiger partial charge in [0.05, 0.1) is 18.0 Å². The van der Waals surface area contributed by atoms with E-state index in [9.17, 15) is 0 Å². The molecule has 0 amide bonds. The number of aromatic nitrogens is 2. The van der Waals surface area contributed by atoms with E-state index in [1.165, 1.54) is 5.56 Å². The zero-order valence-electron chi connectivity index (χ0n) is 9.90. The summed E-state index contributed by atoms with van der Waals surface area (Å²) in [5.41, 5.74) is 2.20. The molecule has 1 N–H and O–H groups in total. The van der Waals surface area contributed by atoms with Crippen LogP contribution in [0.4, 0.5) is 0 Å². The minimum atomic E-state index is 0.0914. The lowest BCUT2D eigenvalue weighted by molar-refractivity contribution is 0.451. The molecule has 16 heavy (non-hydrogen) atoms. The molecule has 0 aliphatic heterocycles. The fourth-order valence-corrected chi connectivity index (χ4v) is 1.92. The number of hydrogen-bond acceptors (Lipinski definition) is 3. The summed E-state index contributed by atoms with van der Waals surface area (Å²) in [6.45, 7) is 4.99. The van der Waals surface area contributed by atoms with Crippen LogP contribution in [0, 0.1) is 6.92 Å². The van der Waals surface area contributed by atoms with E-state index in [4.69, 9.17) is 4.42 Å². The van der Waals surface area contributed by atoms with Gasteiger partial charge < -0.3 is 9.73 Å². The number of aryl methyl sites for hydroxylation is 2. The average Bonchev–Trinajstić information content (AvgIpc) is 2.85. The maximum atomic E-state index is 5.47. The Morgan fingerprint density at radius 3 is 2.88 bits per heavy atom. The van der Waals surface area contributed by atoms with Crippen LogP contribution in [-0.4, -0.2) is 16.3 Å². The molecule has 1 unspecified atom stereocenters. The van der Waals surface area contributed by atoms with E-state index in [-0.39, 0.29) is 6.04 Å². The second-order valence-corrected chi connectivity index (χ2v) is 3.85. The first-order chi connectivity index (χ1) is 7.72. The van der Waals surface area contributed by atoms with Gasteiger partial charge in [0.25, 0.3) is 0 Å². The van der Waals surface area contributed by atoms with E-state index < -0.39 is 0 Å². The maximum absolute atomic E-state index is 5.47. The second kappa shape index (κ2) is 4.53. The van der Waals surface area contributed by atoms with Gasteiger partial charge in [0, 0.05) is 18.8 Å². The van der Waals surface area contributed by atoms with Gasteiger partial charge in [-0.1, -0.05) is 6.92 Å². The highest BCUT2D eigenvalue weighted by Gasteiger charge is 2.19. The molecule has 0 fully saturated rings. The van der Waals surface area contributed by atoms with Crippen LogP contribution in [0.15, 0.2) is 29.0 Å². The van der Waals surface area contributed by atoms with Crippen molar-refractivity contribution >= 4 is 0 Å². The SMILES string of the molecule is CCNC(c1ccco1)c1cn(C)nc1C. The van der Waals surface area contributed by atoms with Crippen LogP contribution in [0.2, 0.25) is 0 Å². The quantitative estimate of drug-likeness (QED) is 0.855. The Labute approximate surface area is 95.3 Å². The molecule has 1 atom stereocenters. The molecule has 0 spiro atoms. The van der Waals surface area contributed by atoms with Crippen molar-refractivity contribution in [2.45, 2.75) is 19.9 Å². The molecule has 2 heterocycles. The van der Waals surface area contributed by atoms with Crippen LogP contribution in [0.3, 0.4) is 0 Å². The minimum Gasteiger partial charge on any atom is -0.467 e. The summed E-state index contributed by atoms with van der Waals surface area (Å²) in [6, 6.07) is 3.99. The van der Waals surface area contributed by atoms with Gasteiger partial charge in [0.2, 0.25) is 0 Å². The Morgan fingerprint density at radius 2 is 2.38 bits per heavy atom. The molecule has 4 nitrogen and oxygen atoms in total. The fourth-order valence-electron chi connectivity index (χ4n) is 1.92. The highest BCUT2D eigenvalue weighted by Crippen LogP contribution is 2.24. The van der Waals surface area contributed by atoms with Crippen LogP contribution in [0.5, 0.6) is 0 Å². The Balaban J connectivity index is 2.36. The van der Waals surface area contributed by atoms with Gasteiger partial charge in [-0.15, -0.1) is 0 Å². The van der Waals surface area contributed by atoms with Crippen LogP contribution < -0.4 is 5.32 Å². The molecule has 0 radical (unpaired) electrons. The zero-order valence-corrected chi connectivity index (χ0v) is 9.90. The van der Waals surface area contributed by atoms with E-state index in [1.807, 2.05) is 37.0 Å². The van der Waals surface area contributed by atoms with Crippen molar-refractivity contribution in [3.05, 3.63) is 41.6 Å². The third-order valence-corrected chi connectivity index (χ3v) is 2.60. The van der Waals surface area contributed by atoms with Crippen molar-refractivity contribution in [1.29, 1.82) is 0 Å². The third kappa shape index (κ3) is 2.02. The molecular weight excluding hydrogens is 202 g/mol. The lowest BCUT2D eigenvalue weighted by Gasteiger charge is -2.14. The van der Waals surface area contributed by atoms with Crippen molar-refractivity contribution in [3.8, 4) is 0 Å². The molecule has 0 aromatic carbocycles. The molecule has 0 saturated heterocycles. The predicted molar refractivity (Wildman–Crippen MR) is 62.2 cm³/mol. The summed E-state index contributed by atoms with van der Waals surface area (Å²) in [6.07, 6.45) is 3.73. The van der Waals surface area contributed by atoms with Crippen LogP contribution in [0.1, 0.15) is 30.0 Å². The highest BCUT2D eigenvalue weighted by molar-refractivity contribution is 5.27. The highest BCUT2D eigenvalue weighted by atomic mass is 16.3. The summed E-state index contributed by atoms with van der Waals surface area (Å²) < 4.78 is 7.30. The standard InChI is InChI=1S/C12H17N3O/c1-4-13-12(11-6-5-7-16-11)10-8-15(3)14-9(10)2/h5-8,12-13H,4H2,1-3H3. The number of hydrogen-bond donors (Lipinski definition) is 1. The Morgan fingerprint density at radius 1 is 1.56 bits per heavy atom. The normalized spacial score (nSPS) is 12.9. The van der Waals surface area contributed by atoms with Crippen molar-refractivity contribution < 1.29 is 4.42 Å².